The number of aliphatic imine (C=N–C) groups is 1. The molecule has 0 aliphatic carbocycles. The van der Waals surface area contributed by atoms with Crippen LogP contribution in [0, 0.1) is 6.92 Å². The predicted molar refractivity (Wildman–Crippen MR) is 99.6 cm³/mol. The van der Waals surface area contributed by atoms with Gasteiger partial charge >= 0.3 is 6.36 Å². The van der Waals surface area contributed by atoms with Gasteiger partial charge in [0, 0.05) is 12.8 Å². The highest BCUT2D eigenvalue weighted by Gasteiger charge is 2.30. The summed E-state index contributed by atoms with van der Waals surface area (Å²) in [6.07, 6.45) is -3.58. The van der Waals surface area contributed by atoms with Gasteiger partial charge in [0.2, 0.25) is 0 Å². The minimum Gasteiger partial charge on any atom is -0.406 e. The van der Waals surface area contributed by atoms with Crippen LogP contribution in [0.25, 0.3) is 0 Å². The summed E-state index contributed by atoms with van der Waals surface area (Å²) in [6.45, 7) is 2.23. The number of nitrogens with one attached hydrogen (secondary N) is 1. The molecule has 0 radical (unpaired) electrons. The Labute approximate surface area is 161 Å². The van der Waals surface area contributed by atoms with Gasteiger partial charge in [-0.3, -0.25) is 0 Å². The molecule has 2 aromatic carbocycles. The monoisotopic (exact) mass is 415 g/mol. The number of guanidine groups is 1. The van der Waals surface area contributed by atoms with E-state index in [0.29, 0.717) is 11.1 Å². The van der Waals surface area contributed by atoms with Gasteiger partial charge in [0.05, 0.1) is 11.4 Å². The molecule has 0 heterocycles. The van der Waals surface area contributed by atoms with Crippen molar-refractivity contribution in [3.63, 3.8) is 0 Å². The van der Waals surface area contributed by atoms with Gasteiger partial charge in [0.15, 0.2) is 15.8 Å². The Morgan fingerprint density at radius 1 is 1.14 bits per heavy atom. The molecule has 0 bridgehead atoms. The Balaban J connectivity index is 1.92. The van der Waals surface area contributed by atoms with E-state index in [1.165, 1.54) is 30.3 Å². The van der Waals surface area contributed by atoms with Gasteiger partial charge in [-0.1, -0.05) is 24.3 Å². The van der Waals surface area contributed by atoms with Gasteiger partial charge in [0.25, 0.3) is 0 Å². The third-order valence-corrected chi connectivity index (χ3v) is 4.96. The van der Waals surface area contributed by atoms with Gasteiger partial charge in [-0.25, -0.2) is 13.4 Å². The van der Waals surface area contributed by atoms with E-state index in [1.54, 1.807) is 19.1 Å². The van der Waals surface area contributed by atoms with Crippen LogP contribution in [0.3, 0.4) is 0 Å². The summed E-state index contributed by atoms with van der Waals surface area (Å²) in [6, 6.07) is 10.3. The second-order valence-corrected chi connectivity index (χ2v) is 8.10. The summed E-state index contributed by atoms with van der Waals surface area (Å²) in [4.78, 5) is 4.44. The average Bonchev–Trinajstić information content (AvgIpc) is 2.57. The van der Waals surface area contributed by atoms with Crippen LogP contribution in [-0.2, 0) is 22.9 Å². The van der Waals surface area contributed by atoms with Crippen LogP contribution in [0.1, 0.15) is 16.7 Å². The summed E-state index contributed by atoms with van der Waals surface area (Å²) >= 11 is 0. The van der Waals surface area contributed by atoms with Crippen LogP contribution < -0.4 is 15.8 Å². The van der Waals surface area contributed by atoms with Crippen LogP contribution in [-0.4, -0.2) is 27.0 Å². The van der Waals surface area contributed by atoms with Gasteiger partial charge in [-0.2, -0.15) is 0 Å². The zero-order valence-corrected chi connectivity index (χ0v) is 16.1. The molecule has 6 nitrogen and oxygen atoms in total. The highest BCUT2D eigenvalue weighted by Crippen LogP contribution is 2.22. The van der Waals surface area contributed by atoms with Gasteiger partial charge in [-0.15, -0.1) is 13.2 Å². The predicted octanol–water partition coefficient (Wildman–Crippen LogP) is 2.90. The third-order valence-electron chi connectivity index (χ3n) is 3.70. The van der Waals surface area contributed by atoms with Crippen molar-refractivity contribution in [2.45, 2.75) is 31.3 Å². The van der Waals surface area contributed by atoms with Crippen molar-refractivity contribution in [2.75, 3.05) is 6.26 Å². The van der Waals surface area contributed by atoms with Crippen LogP contribution >= 0.6 is 0 Å². The summed E-state index contributed by atoms with van der Waals surface area (Å²) in [5.41, 5.74) is 7.91. The Hall–Kier alpha value is -2.75. The maximum absolute atomic E-state index is 12.1. The highest BCUT2D eigenvalue weighted by molar-refractivity contribution is 7.90. The second kappa shape index (κ2) is 8.51. The first-order chi connectivity index (χ1) is 12.9. The number of sulfone groups is 1. The summed E-state index contributed by atoms with van der Waals surface area (Å²) in [5, 5.41) is 2.86. The summed E-state index contributed by atoms with van der Waals surface area (Å²) < 4.78 is 63.4. The number of hydrogen-bond acceptors (Lipinski definition) is 4. The zero-order chi connectivity index (χ0) is 20.9. The second-order valence-electron chi connectivity index (χ2n) is 6.12. The minimum absolute atomic E-state index is 0.153. The minimum atomic E-state index is -4.73. The van der Waals surface area contributed by atoms with Crippen LogP contribution in [0.2, 0.25) is 0 Å². The van der Waals surface area contributed by atoms with E-state index in [0.717, 1.165) is 11.8 Å². The number of halogens is 3. The Morgan fingerprint density at radius 2 is 1.75 bits per heavy atom. The maximum Gasteiger partial charge on any atom is 0.573 e. The first-order valence-electron chi connectivity index (χ1n) is 8.12. The number of alkyl halides is 3. The number of hydrogen-bond donors (Lipinski definition) is 2. The Morgan fingerprint density at radius 3 is 2.29 bits per heavy atom. The van der Waals surface area contributed by atoms with E-state index in [2.05, 4.69) is 15.0 Å². The molecule has 0 aliphatic rings. The number of rotatable bonds is 6. The smallest absolute Gasteiger partial charge is 0.406 e. The lowest BCUT2D eigenvalue weighted by molar-refractivity contribution is -0.274. The molecule has 0 unspecified atom stereocenters. The molecule has 28 heavy (non-hydrogen) atoms. The standard InChI is InChI=1S/C18H20F3N3O3S/c1-12-9-14(5-8-16(12)28(2,25)26)11-24-17(22)23-10-13-3-6-15(7-4-13)27-18(19,20)21/h3-9H,10-11H2,1-2H3,(H3,22,23,24). The molecule has 2 aromatic rings. The number of aryl methyl sites for hydroxylation is 1. The van der Waals surface area contributed by atoms with E-state index in [4.69, 9.17) is 5.73 Å². The van der Waals surface area contributed by atoms with Crippen molar-refractivity contribution in [3.05, 3.63) is 59.2 Å². The quantitative estimate of drug-likeness (QED) is 0.559. The van der Waals surface area contributed by atoms with Crippen molar-refractivity contribution in [1.29, 1.82) is 0 Å². The average molecular weight is 415 g/mol. The molecule has 0 atom stereocenters. The lowest BCUT2D eigenvalue weighted by Gasteiger charge is -2.10. The van der Waals surface area contributed by atoms with Crippen molar-refractivity contribution in [1.82, 2.24) is 5.32 Å². The molecule has 0 saturated carbocycles. The topological polar surface area (TPSA) is 93.8 Å². The van der Waals surface area contributed by atoms with E-state index in [1.807, 2.05) is 0 Å². The van der Waals surface area contributed by atoms with Crippen LogP contribution in [0.5, 0.6) is 5.75 Å². The van der Waals surface area contributed by atoms with Crippen LogP contribution in [0.4, 0.5) is 13.2 Å². The fourth-order valence-corrected chi connectivity index (χ4v) is 3.42. The molecule has 0 amide bonds. The first-order valence-corrected chi connectivity index (χ1v) is 10.0. The van der Waals surface area contributed by atoms with Crippen LogP contribution in [0.15, 0.2) is 52.4 Å². The van der Waals surface area contributed by atoms with Crippen molar-refractivity contribution in [3.8, 4) is 5.75 Å². The summed E-state index contributed by atoms with van der Waals surface area (Å²) in [7, 11) is -3.28. The largest absolute Gasteiger partial charge is 0.573 e. The van der Waals surface area contributed by atoms with Gasteiger partial charge < -0.3 is 15.8 Å². The maximum atomic E-state index is 12.1. The third kappa shape index (κ3) is 6.76. The Kier molecular flexibility index (Phi) is 6.55. The zero-order valence-electron chi connectivity index (χ0n) is 15.2. The molecule has 0 aromatic heterocycles. The van der Waals surface area contributed by atoms with Gasteiger partial charge in [-0.05, 0) is 41.8 Å². The molecule has 3 N–H and O–H groups in total. The fourth-order valence-electron chi connectivity index (χ4n) is 2.46. The van der Waals surface area contributed by atoms with E-state index < -0.39 is 16.2 Å². The Bertz CT molecular complexity index is 956. The normalized spacial score (nSPS) is 12.7. The SMILES string of the molecule is Cc1cc(CN=C(N)NCc2ccc(OC(F)(F)F)cc2)ccc1S(C)(=O)=O. The number of nitrogens with zero attached hydrogens (tertiary/aromatic N) is 1. The molecular weight excluding hydrogens is 395 g/mol. The highest BCUT2D eigenvalue weighted by atomic mass is 32.2. The molecule has 0 aliphatic heterocycles. The van der Waals surface area contributed by atoms with E-state index in [-0.39, 0.29) is 29.7 Å². The molecule has 0 spiro atoms. The molecule has 10 heteroatoms. The van der Waals surface area contributed by atoms with Gasteiger partial charge in [0.1, 0.15) is 5.75 Å². The fraction of sp³-hybridized carbons (Fsp3) is 0.278. The lowest BCUT2D eigenvalue weighted by atomic mass is 10.1. The molecular formula is C18H20F3N3O3S. The number of ether oxygens (including phenoxy) is 1. The molecule has 152 valence electrons. The summed E-state index contributed by atoms with van der Waals surface area (Å²) in [5.74, 6) is -0.147. The molecule has 0 fully saturated rings. The lowest BCUT2D eigenvalue weighted by Crippen LogP contribution is -2.31. The van der Waals surface area contributed by atoms with Crippen molar-refractivity contribution in [2.24, 2.45) is 10.7 Å². The molecule has 2 rings (SSSR count). The first kappa shape index (κ1) is 21.5. The number of benzene rings is 2. The van der Waals surface area contributed by atoms with E-state index in [9.17, 15) is 21.6 Å². The molecule has 0 saturated heterocycles. The van der Waals surface area contributed by atoms with E-state index >= 15 is 0 Å². The van der Waals surface area contributed by atoms with Crippen molar-refractivity contribution >= 4 is 15.8 Å². The number of nitrogens with two attached hydrogens (primary N) is 1. The van der Waals surface area contributed by atoms with Crippen molar-refractivity contribution < 1.29 is 26.3 Å².